The summed E-state index contributed by atoms with van der Waals surface area (Å²) in [7, 11) is 0. The van der Waals surface area contributed by atoms with Crippen molar-refractivity contribution in [2.75, 3.05) is 0 Å². The van der Waals surface area contributed by atoms with Crippen LogP contribution in [0.25, 0.3) is 0 Å². The minimum Gasteiger partial charge on any atom is -0.481 e. The highest BCUT2D eigenvalue weighted by molar-refractivity contribution is 6.18. The zero-order valence-corrected chi connectivity index (χ0v) is 33.6. The fraction of sp³-hybridized carbons (Fsp3) is 0.310. The van der Waals surface area contributed by atoms with Crippen molar-refractivity contribution in [3.8, 4) is 0 Å². The van der Waals surface area contributed by atoms with Crippen LogP contribution < -0.4 is 21.4 Å². The molecule has 61 heavy (non-hydrogen) atoms. The van der Waals surface area contributed by atoms with Crippen LogP contribution in [-0.4, -0.2) is 101 Å². The van der Waals surface area contributed by atoms with Gasteiger partial charge in [0.25, 0.3) is 0 Å². The number of rotatable bonds is 17. The number of hydroxylamine groups is 1. The van der Waals surface area contributed by atoms with Gasteiger partial charge in [0, 0.05) is 35.9 Å². The minimum atomic E-state index is -1.67. The highest BCUT2D eigenvalue weighted by Gasteiger charge is 2.39. The van der Waals surface area contributed by atoms with Crippen molar-refractivity contribution in [2.45, 2.75) is 83.9 Å². The number of aliphatic hydroxyl groups is 1. The smallest absolute Gasteiger partial charge is 0.326 e. The number of hydrogen-bond donors (Lipinski definition) is 10. The van der Waals surface area contributed by atoms with E-state index in [4.69, 9.17) is 25.2 Å². The van der Waals surface area contributed by atoms with Crippen molar-refractivity contribution in [2.24, 2.45) is 15.0 Å². The average molecular weight is 840 g/mol. The number of carboxylic acid groups (broad SMARTS) is 4. The lowest BCUT2D eigenvalue weighted by Gasteiger charge is -2.20. The molecule has 0 fully saturated rings. The molecular weight excluding hydrogens is 794 g/mol. The maximum atomic E-state index is 13.1. The van der Waals surface area contributed by atoms with Gasteiger partial charge in [-0.1, -0.05) is 12.7 Å². The standard InChI is InChI=1S/C42H45N7O12/c1-6-22-19(2)26-13-27-20(3)23(7-9-36(50)48-33(40(56)57)17-38(52)53)29(44-27)15-30-24(8-10-37(51)49-34(41(58)59)18-39(54)55)21(4)28(45-30)14-32-25(11-12-43-61)42(5,60)35(47-32)16-31(22)46-26/h6,11-16,33-34,43,47,60-61H,1,7-10,17-18H2,2-5H3,(H,48,50)(H,49,51)(H,52,53)(H,54,55)(H,56,57)(H,58,59). The predicted molar refractivity (Wildman–Crippen MR) is 220 cm³/mol. The molecule has 5 heterocycles. The first kappa shape index (κ1) is 44.8. The van der Waals surface area contributed by atoms with Crippen LogP contribution >= 0.6 is 0 Å². The molecule has 8 bridgehead atoms. The number of aliphatic imine (C=N–C) groups is 3. The van der Waals surface area contributed by atoms with E-state index in [1.165, 1.54) is 12.3 Å². The van der Waals surface area contributed by atoms with Gasteiger partial charge in [-0.3, -0.25) is 29.9 Å². The van der Waals surface area contributed by atoms with Gasteiger partial charge in [0.1, 0.15) is 17.7 Å². The number of allylic oxidation sites excluding steroid dienone is 11. The third-order valence-electron chi connectivity index (χ3n) is 10.6. The summed E-state index contributed by atoms with van der Waals surface area (Å²) in [5.41, 5.74) is 7.64. The molecule has 0 aromatic rings. The maximum Gasteiger partial charge on any atom is 0.326 e. The van der Waals surface area contributed by atoms with Gasteiger partial charge in [-0.05, 0) is 98.8 Å². The largest absolute Gasteiger partial charge is 0.481 e. The summed E-state index contributed by atoms with van der Waals surface area (Å²) >= 11 is 0. The maximum absolute atomic E-state index is 13.1. The molecule has 19 heteroatoms. The van der Waals surface area contributed by atoms with Crippen molar-refractivity contribution < 1.29 is 59.5 Å². The Balaban J connectivity index is 1.66. The first-order valence-corrected chi connectivity index (χ1v) is 18.9. The molecule has 0 aromatic carbocycles. The van der Waals surface area contributed by atoms with Gasteiger partial charge < -0.3 is 41.5 Å². The van der Waals surface area contributed by atoms with Gasteiger partial charge in [-0.15, -0.1) is 0 Å². The second-order valence-corrected chi connectivity index (χ2v) is 14.7. The number of aliphatic carboxylic acids is 4. The fourth-order valence-corrected chi connectivity index (χ4v) is 7.22. The Morgan fingerprint density at radius 1 is 0.738 bits per heavy atom. The van der Waals surface area contributed by atoms with Gasteiger partial charge in [0.15, 0.2) is 0 Å². The second-order valence-electron chi connectivity index (χ2n) is 14.7. The highest BCUT2D eigenvalue weighted by Crippen LogP contribution is 2.40. The van der Waals surface area contributed by atoms with Crippen molar-refractivity contribution in [3.63, 3.8) is 0 Å². The molecule has 0 radical (unpaired) electrons. The molecule has 3 unspecified atom stereocenters. The Bertz CT molecular complexity index is 2410. The highest BCUT2D eigenvalue weighted by atomic mass is 16.5. The summed E-state index contributed by atoms with van der Waals surface area (Å²) in [6, 6.07) is -3.33. The Hall–Kier alpha value is -7.25. The van der Waals surface area contributed by atoms with Gasteiger partial charge in [0.2, 0.25) is 11.8 Å². The van der Waals surface area contributed by atoms with Crippen molar-refractivity contribution >= 4 is 52.8 Å². The summed E-state index contributed by atoms with van der Waals surface area (Å²) in [4.78, 5) is 86.7. The van der Waals surface area contributed by atoms with Crippen LogP contribution in [0.1, 0.15) is 66.2 Å². The number of carbonyl (C=O) groups excluding carboxylic acids is 2. The summed E-state index contributed by atoms with van der Waals surface area (Å²) in [5, 5.41) is 66.4. The van der Waals surface area contributed by atoms with Gasteiger partial charge >= 0.3 is 23.9 Å². The van der Waals surface area contributed by atoms with E-state index in [1.807, 2.05) is 12.4 Å². The summed E-state index contributed by atoms with van der Waals surface area (Å²) in [6.45, 7) is 10.9. The number of carboxylic acids is 4. The lowest BCUT2D eigenvalue weighted by molar-refractivity contribution is -0.147. The third kappa shape index (κ3) is 9.97. The van der Waals surface area contributed by atoms with E-state index >= 15 is 0 Å². The van der Waals surface area contributed by atoms with E-state index in [0.717, 1.165) is 5.57 Å². The molecule has 5 aliphatic heterocycles. The summed E-state index contributed by atoms with van der Waals surface area (Å²) in [6.07, 6.45) is 8.90. The SMILES string of the molecule is C=CC1=C(C)C2=CC3=NC(=CC4=NC(=CC5=C(C=CNO)C(C)(O)C(=CC1=N2)N5)C(C)=C4CCC(=O)NC(CC(=O)O)C(=O)O)C(CCC(=O)NC(CC(=O)O)C(=O)O)=C3C. The first-order chi connectivity index (χ1) is 28.7. The quantitative estimate of drug-likeness (QED) is 0.0943. The van der Waals surface area contributed by atoms with Crippen LogP contribution in [0.4, 0.5) is 0 Å². The number of carbonyl (C=O) groups is 6. The molecular formula is C42H45N7O12. The van der Waals surface area contributed by atoms with Crippen LogP contribution in [0.3, 0.4) is 0 Å². The van der Waals surface area contributed by atoms with Crippen LogP contribution in [0.2, 0.25) is 0 Å². The van der Waals surface area contributed by atoms with Crippen LogP contribution in [0.5, 0.6) is 0 Å². The summed E-state index contributed by atoms with van der Waals surface area (Å²) < 4.78 is 0. The van der Waals surface area contributed by atoms with E-state index in [1.54, 1.807) is 51.2 Å². The predicted octanol–water partition coefficient (Wildman–Crippen LogP) is 2.78. The molecule has 10 N–H and O–H groups in total. The minimum absolute atomic E-state index is 0.000296. The Morgan fingerprint density at radius 2 is 1.26 bits per heavy atom. The van der Waals surface area contributed by atoms with E-state index in [9.17, 15) is 49.3 Å². The normalized spacial score (nSPS) is 20.5. The molecule has 5 rings (SSSR count). The molecule has 0 aliphatic carbocycles. The van der Waals surface area contributed by atoms with Crippen molar-refractivity contribution in [1.82, 2.24) is 21.4 Å². The third-order valence-corrected chi connectivity index (χ3v) is 10.6. The first-order valence-electron chi connectivity index (χ1n) is 18.9. The Kier molecular flexibility index (Phi) is 13.5. The monoisotopic (exact) mass is 839 g/mol. The topological polar surface area (TPSA) is 309 Å². The van der Waals surface area contributed by atoms with Crippen molar-refractivity contribution in [1.29, 1.82) is 0 Å². The Labute approximate surface area is 348 Å². The van der Waals surface area contributed by atoms with E-state index in [2.05, 4.69) is 22.5 Å². The van der Waals surface area contributed by atoms with E-state index in [-0.39, 0.29) is 25.7 Å². The van der Waals surface area contributed by atoms with Gasteiger partial charge in [-0.2, -0.15) is 0 Å². The van der Waals surface area contributed by atoms with Crippen LogP contribution in [0.15, 0.2) is 132 Å². The summed E-state index contributed by atoms with van der Waals surface area (Å²) in [5.74, 6) is -7.30. The molecule has 0 spiro atoms. The zero-order chi connectivity index (χ0) is 44.9. The number of amides is 2. The van der Waals surface area contributed by atoms with Gasteiger partial charge in [0.05, 0.1) is 52.8 Å². The Morgan fingerprint density at radius 3 is 1.80 bits per heavy atom. The number of nitrogens with one attached hydrogen (secondary N) is 4. The van der Waals surface area contributed by atoms with Gasteiger partial charge in [-0.25, -0.2) is 24.6 Å². The zero-order valence-electron chi connectivity index (χ0n) is 33.6. The average Bonchev–Trinajstić information content (AvgIpc) is 3.81. The lowest BCUT2D eigenvalue weighted by Crippen LogP contribution is -2.42. The molecule has 5 aliphatic rings. The molecule has 0 saturated carbocycles. The number of hydrogen-bond acceptors (Lipinski definition) is 13. The van der Waals surface area contributed by atoms with E-state index in [0.29, 0.717) is 79.1 Å². The molecule has 0 aromatic heterocycles. The number of nitrogens with zero attached hydrogens (tertiary/aromatic N) is 3. The lowest BCUT2D eigenvalue weighted by atomic mass is 9.92. The molecule has 2 amide bonds. The van der Waals surface area contributed by atoms with E-state index < -0.39 is 66.2 Å². The second kappa shape index (κ2) is 18.3. The fourth-order valence-electron chi connectivity index (χ4n) is 7.22. The molecule has 0 saturated heterocycles. The van der Waals surface area contributed by atoms with Crippen molar-refractivity contribution in [3.05, 3.63) is 117 Å². The molecule has 3 atom stereocenters. The number of fused-ring (bicyclic) bond motifs is 5. The molecule has 19 nitrogen and oxygen atoms in total. The molecule has 320 valence electrons. The van der Waals surface area contributed by atoms with Crippen LogP contribution in [0, 0.1) is 0 Å². The van der Waals surface area contributed by atoms with Crippen LogP contribution in [-0.2, 0) is 28.8 Å².